The predicted molar refractivity (Wildman–Crippen MR) is 112 cm³/mol. The molecule has 1 unspecified atom stereocenters. The van der Waals surface area contributed by atoms with Gasteiger partial charge in [-0.2, -0.15) is 0 Å². The van der Waals surface area contributed by atoms with Crippen molar-refractivity contribution in [2.45, 2.75) is 19.0 Å². The molecular weight excluding hydrogens is 350 g/mol. The van der Waals surface area contributed by atoms with Crippen molar-refractivity contribution in [2.24, 2.45) is 0 Å². The van der Waals surface area contributed by atoms with Gasteiger partial charge in [0.05, 0.1) is 7.11 Å². The standard InChI is InChI=1S/C23H27N3O2/c1-24(2)20-11-13-26(16-20)23(27)18-6-4-17(5-7-18)15-25-12-10-19-14-21(28-3)8-9-22(19)25/h4-10,12,14,20H,11,13,15-16H2,1-3H3. The van der Waals surface area contributed by atoms with Crippen molar-refractivity contribution >= 4 is 16.8 Å². The SMILES string of the molecule is COc1ccc2c(ccn2Cc2ccc(C(=O)N3CCC(N(C)C)C3)cc2)c1. The minimum Gasteiger partial charge on any atom is -0.497 e. The smallest absolute Gasteiger partial charge is 0.253 e. The van der Waals surface area contributed by atoms with E-state index in [-0.39, 0.29) is 5.91 Å². The van der Waals surface area contributed by atoms with E-state index in [1.165, 1.54) is 11.1 Å². The predicted octanol–water partition coefficient (Wildman–Crippen LogP) is 3.47. The number of amides is 1. The van der Waals surface area contributed by atoms with Crippen molar-refractivity contribution < 1.29 is 9.53 Å². The van der Waals surface area contributed by atoms with E-state index in [9.17, 15) is 4.79 Å². The Kier molecular flexibility index (Phi) is 5.09. The fourth-order valence-corrected chi connectivity index (χ4v) is 3.92. The summed E-state index contributed by atoms with van der Waals surface area (Å²) in [5.41, 5.74) is 3.12. The number of methoxy groups -OCH3 is 1. The number of rotatable bonds is 5. The molecule has 1 amide bonds. The minimum atomic E-state index is 0.134. The molecule has 0 saturated carbocycles. The zero-order valence-corrected chi connectivity index (χ0v) is 16.8. The third-order valence-corrected chi connectivity index (χ3v) is 5.71. The molecule has 1 saturated heterocycles. The van der Waals surface area contributed by atoms with Crippen LogP contribution in [0.25, 0.3) is 10.9 Å². The number of fused-ring (bicyclic) bond motifs is 1. The van der Waals surface area contributed by atoms with Crippen molar-refractivity contribution in [3.8, 4) is 5.75 Å². The summed E-state index contributed by atoms with van der Waals surface area (Å²) >= 11 is 0. The summed E-state index contributed by atoms with van der Waals surface area (Å²) < 4.78 is 7.52. The molecule has 146 valence electrons. The van der Waals surface area contributed by atoms with Crippen molar-refractivity contribution in [2.75, 3.05) is 34.3 Å². The first-order valence-corrected chi connectivity index (χ1v) is 9.72. The van der Waals surface area contributed by atoms with Gasteiger partial charge in [-0.15, -0.1) is 0 Å². The van der Waals surface area contributed by atoms with Gasteiger partial charge in [-0.1, -0.05) is 12.1 Å². The van der Waals surface area contributed by atoms with Gasteiger partial charge in [-0.05, 0) is 62.5 Å². The fraction of sp³-hybridized carbons (Fsp3) is 0.348. The molecule has 2 aromatic carbocycles. The highest BCUT2D eigenvalue weighted by Gasteiger charge is 2.27. The van der Waals surface area contributed by atoms with E-state index in [1.54, 1.807) is 7.11 Å². The Hall–Kier alpha value is -2.79. The molecule has 1 aromatic heterocycles. The van der Waals surface area contributed by atoms with Gasteiger partial charge in [0, 0.05) is 48.3 Å². The first-order valence-electron chi connectivity index (χ1n) is 9.72. The molecule has 1 aliphatic heterocycles. The Morgan fingerprint density at radius 3 is 2.61 bits per heavy atom. The molecule has 3 aromatic rings. The first-order chi connectivity index (χ1) is 13.5. The summed E-state index contributed by atoms with van der Waals surface area (Å²) in [6.07, 6.45) is 3.14. The lowest BCUT2D eigenvalue weighted by atomic mass is 10.1. The second-order valence-electron chi connectivity index (χ2n) is 7.72. The average molecular weight is 377 g/mol. The van der Waals surface area contributed by atoms with Crippen LogP contribution in [0, 0.1) is 0 Å². The van der Waals surface area contributed by atoms with Gasteiger partial charge < -0.3 is 19.1 Å². The molecule has 0 radical (unpaired) electrons. The molecule has 5 heteroatoms. The Morgan fingerprint density at radius 1 is 1.14 bits per heavy atom. The van der Waals surface area contributed by atoms with Crippen LogP contribution < -0.4 is 4.74 Å². The normalized spacial score (nSPS) is 16.9. The number of carbonyl (C=O) groups is 1. The van der Waals surface area contributed by atoms with Gasteiger partial charge in [-0.25, -0.2) is 0 Å². The largest absolute Gasteiger partial charge is 0.497 e. The molecule has 2 heterocycles. The third-order valence-electron chi connectivity index (χ3n) is 5.71. The second-order valence-corrected chi connectivity index (χ2v) is 7.72. The molecule has 1 aliphatic rings. The lowest BCUT2D eigenvalue weighted by Gasteiger charge is -2.20. The van der Waals surface area contributed by atoms with Crippen LogP contribution in [0.15, 0.2) is 54.7 Å². The van der Waals surface area contributed by atoms with E-state index in [0.29, 0.717) is 6.04 Å². The average Bonchev–Trinajstić information content (AvgIpc) is 3.35. The Labute approximate surface area is 166 Å². The maximum atomic E-state index is 12.8. The summed E-state index contributed by atoms with van der Waals surface area (Å²) in [5, 5.41) is 1.16. The molecule has 0 aliphatic carbocycles. The first kappa shape index (κ1) is 18.6. The van der Waals surface area contributed by atoms with Crippen molar-refractivity contribution in [1.82, 2.24) is 14.4 Å². The van der Waals surface area contributed by atoms with Crippen molar-refractivity contribution in [3.05, 3.63) is 65.9 Å². The summed E-state index contributed by atoms with van der Waals surface area (Å²) in [5.74, 6) is 1.00. The van der Waals surface area contributed by atoms with Crippen LogP contribution >= 0.6 is 0 Å². The highest BCUT2D eigenvalue weighted by Crippen LogP contribution is 2.23. The van der Waals surface area contributed by atoms with Crippen molar-refractivity contribution in [1.29, 1.82) is 0 Å². The topological polar surface area (TPSA) is 37.7 Å². The lowest BCUT2D eigenvalue weighted by molar-refractivity contribution is 0.0783. The van der Waals surface area contributed by atoms with E-state index in [2.05, 4.69) is 54.0 Å². The Bertz CT molecular complexity index is 975. The number of hydrogen-bond donors (Lipinski definition) is 0. The number of ether oxygens (including phenoxy) is 1. The molecule has 0 bridgehead atoms. The summed E-state index contributed by atoms with van der Waals surface area (Å²) in [6.45, 7) is 2.42. The fourth-order valence-electron chi connectivity index (χ4n) is 3.92. The van der Waals surface area contributed by atoms with Crippen LogP contribution in [-0.2, 0) is 6.54 Å². The lowest BCUT2D eigenvalue weighted by Crippen LogP contribution is -2.34. The highest BCUT2D eigenvalue weighted by atomic mass is 16.5. The van der Waals surface area contributed by atoms with Crippen LogP contribution in [0.3, 0.4) is 0 Å². The van der Waals surface area contributed by atoms with E-state index >= 15 is 0 Å². The Balaban J connectivity index is 1.46. The minimum absolute atomic E-state index is 0.134. The van der Waals surface area contributed by atoms with E-state index < -0.39 is 0 Å². The summed E-state index contributed by atoms with van der Waals surface area (Å²) in [6, 6.07) is 16.7. The molecule has 0 N–H and O–H groups in total. The number of carbonyl (C=O) groups excluding carboxylic acids is 1. The van der Waals surface area contributed by atoms with Gasteiger partial charge in [0.1, 0.15) is 5.75 Å². The maximum absolute atomic E-state index is 12.8. The van der Waals surface area contributed by atoms with Crippen LogP contribution in [0.4, 0.5) is 0 Å². The van der Waals surface area contributed by atoms with Gasteiger partial charge in [0.25, 0.3) is 5.91 Å². The quantitative estimate of drug-likeness (QED) is 0.683. The van der Waals surface area contributed by atoms with Crippen molar-refractivity contribution in [3.63, 3.8) is 0 Å². The zero-order chi connectivity index (χ0) is 19.7. The monoisotopic (exact) mass is 377 g/mol. The number of aromatic nitrogens is 1. The van der Waals surface area contributed by atoms with E-state index in [1.807, 2.05) is 29.2 Å². The third kappa shape index (κ3) is 3.62. The molecule has 1 atom stereocenters. The number of likely N-dealkylation sites (N-methyl/N-ethyl adjacent to an activating group) is 1. The number of benzene rings is 2. The zero-order valence-electron chi connectivity index (χ0n) is 16.8. The Morgan fingerprint density at radius 2 is 1.93 bits per heavy atom. The van der Waals surface area contributed by atoms with Crippen LogP contribution in [-0.4, -0.2) is 60.6 Å². The number of likely N-dealkylation sites (tertiary alicyclic amines) is 1. The van der Waals surface area contributed by atoms with Gasteiger partial charge in [0.15, 0.2) is 0 Å². The van der Waals surface area contributed by atoms with E-state index in [4.69, 9.17) is 4.74 Å². The number of nitrogens with zero attached hydrogens (tertiary/aromatic N) is 3. The molecule has 5 nitrogen and oxygen atoms in total. The number of hydrogen-bond acceptors (Lipinski definition) is 3. The highest BCUT2D eigenvalue weighted by molar-refractivity contribution is 5.94. The molecular formula is C23H27N3O2. The van der Waals surface area contributed by atoms with Gasteiger partial charge in [0.2, 0.25) is 0 Å². The molecule has 0 spiro atoms. The molecule has 28 heavy (non-hydrogen) atoms. The second kappa shape index (κ2) is 7.68. The van der Waals surface area contributed by atoms with Crippen LogP contribution in [0.5, 0.6) is 5.75 Å². The van der Waals surface area contributed by atoms with Crippen LogP contribution in [0.1, 0.15) is 22.3 Å². The van der Waals surface area contributed by atoms with Gasteiger partial charge >= 0.3 is 0 Å². The van der Waals surface area contributed by atoms with Gasteiger partial charge in [-0.3, -0.25) is 4.79 Å². The summed E-state index contributed by atoms with van der Waals surface area (Å²) in [7, 11) is 5.84. The summed E-state index contributed by atoms with van der Waals surface area (Å²) in [4.78, 5) is 16.9. The van der Waals surface area contributed by atoms with Crippen LogP contribution in [0.2, 0.25) is 0 Å². The molecule has 1 fully saturated rings. The maximum Gasteiger partial charge on any atom is 0.253 e. The van der Waals surface area contributed by atoms with E-state index in [0.717, 1.165) is 42.8 Å². The molecule has 4 rings (SSSR count).